The van der Waals surface area contributed by atoms with Crippen LogP contribution in [0.1, 0.15) is 31.2 Å². The van der Waals surface area contributed by atoms with Crippen LogP contribution >= 0.6 is 0 Å². The van der Waals surface area contributed by atoms with E-state index in [9.17, 15) is 13.6 Å². The van der Waals surface area contributed by atoms with Crippen molar-refractivity contribution >= 4 is 5.91 Å². The normalized spacial score (nSPS) is 19.9. The molecule has 2 heterocycles. The second kappa shape index (κ2) is 9.99. The molecular weight excluding hydrogens is 352 g/mol. The molecule has 0 unspecified atom stereocenters. The molecule has 0 radical (unpaired) electrons. The summed E-state index contributed by atoms with van der Waals surface area (Å²) in [6.07, 6.45) is 4.72. The number of hydrogen-bond donors (Lipinski definition) is 0. The van der Waals surface area contributed by atoms with Crippen LogP contribution in [0.15, 0.2) is 24.3 Å². The fourth-order valence-electron chi connectivity index (χ4n) is 3.75. The molecule has 1 amide bonds. The average molecular weight is 381 g/mol. The van der Waals surface area contributed by atoms with E-state index in [4.69, 9.17) is 0 Å². The maximum absolute atomic E-state index is 12.5. The topological polar surface area (TPSA) is 36.0 Å². The summed E-state index contributed by atoms with van der Waals surface area (Å²) in [5.41, 5.74) is 1.07. The molecule has 2 aliphatic rings. The summed E-state index contributed by atoms with van der Waals surface area (Å²) in [4.78, 5) is 19.1. The summed E-state index contributed by atoms with van der Waals surface area (Å²) in [6.45, 7) is 3.90. The number of carbonyl (C=O) groups is 1. The fraction of sp³-hybridized carbons (Fsp3) is 0.650. The first-order chi connectivity index (χ1) is 13.1. The quantitative estimate of drug-likeness (QED) is 0.759. The highest BCUT2D eigenvalue weighted by Gasteiger charge is 2.22. The predicted molar refractivity (Wildman–Crippen MR) is 99.8 cm³/mol. The molecule has 0 atom stereocenters. The van der Waals surface area contributed by atoms with Crippen molar-refractivity contribution in [2.45, 2.75) is 38.8 Å². The van der Waals surface area contributed by atoms with Crippen molar-refractivity contribution in [3.63, 3.8) is 0 Å². The van der Waals surface area contributed by atoms with Gasteiger partial charge in [0.2, 0.25) is 5.91 Å². The highest BCUT2D eigenvalue weighted by molar-refractivity contribution is 5.78. The first-order valence-electron chi connectivity index (χ1n) is 9.86. The van der Waals surface area contributed by atoms with E-state index in [-0.39, 0.29) is 11.7 Å². The Hall–Kier alpha value is -1.73. The van der Waals surface area contributed by atoms with E-state index in [0.29, 0.717) is 6.54 Å². The number of ether oxygens (including phenoxy) is 1. The summed E-state index contributed by atoms with van der Waals surface area (Å²) >= 11 is 0. The third-order valence-corrected chi connectivity index (χ3v) is 5.34. The molecule has 5 nitrogen and oxygen atoms in total. The SMILES string of the molecule is O=C(CN1CCN(Cc2ccc(OC(F)F)cc2)CC1)N1CCCCCC1. The Morgan fingerprint density at radius 1 is 0.889 bits per heavy atom. The lowest BCUT2D eigenvalue weighted by molar-refractivity contribution is -0.132. The molecule has 7 heteroatoms. The second-order valence-electron chi connectivity index (χ2n) is 7.37. The van der Waals surface area contributed by atoms with Gasteiger partial charge in [-0.15, -0.1) is 0 Å². The number of amides is 1. The monoisotopic (exact) mass is 381 g/mol. The van der Waals surface area contributed by atoms with Crippen LogP contribution in [0.4, 0.5) is 8.78 Å². The summed E-state index contributed by atoms with van der Waals surface area (Å²) < 4.78 is 28.8. The van der Waals surface area contributed by atoms with Crippen molar-refractivity contribution < 1.29 is 18.3 Å². The molecule has 27 heavy (non-hydrogen) atoms. The van der Waals surface area contributed by atoms with Crippen LogP contribution in [0, 0.1) is 0 Å². The first-order valence-corrected chi connectivity index (χ1v) is 9.86. The van der Waals surface area contributed by atoms with Crippen LogP contribution in [-0.4, -0.2) is 73.0 Å². The number of hydrogen-bond acceptors (Lipinski definition) is 4. The van der Waals surface area contributed by atoms with E-state index in [0.717, 1.165) is 64.2 Å². The van der Waals surface area contributed by atoms with Crippen LogP contribution in [0.3, 0.4) is 0 Å². The van der Waals surface area contributed by atoms with E-state index in [1.807, 2.05) is 17.0 Å². The lowest BCUT2D eigenvalue weighted by atomic mass is 10.2. The van der Waals surface area contributed by atoms with Crippen LogP contribution in [0.2, 0.25) is 0 Å². The Morgan fingerprint density at radius 2 is 1.48 bits per heavy atom. The van der Waals surface area contributed by atoms with Gasteiger partial charge >= 0.3 is 6.61 Å². The van der Waals surface area contributed by atoms with Gasteiger partial charge in [-0.2, -0.15) is 8.78 Å². The summed E-state index contributed by atoms with van der Waals surface area (Å²) in [5.74, 6) is 0.450. The molecule has 0 bridgehead atoms. The summed E-state index contributed by atoms with van der Waals surface area (Å²) in [5, 5.41) is 0. The average Bonchev–Trinajstić information content (AvgIpc) is 2.94. The van der Waals surface area contributed by atoms with Gasteiger partial charge in [-0.05, 0) is 30.5 Å². The van der Waals surface area contributed by atoms with Crippen molar-refractivity contribution in [1.29, 1.82) is 0 Å². The molecule has 3 rings (SSSR count). The molecule has 0 N–H and O–H groups in total. The number of nitrogens with zero attached hydrogens (tertiary/aromatic N) is 3. The Morgan fingerprint density at radius 3 is 2.07 bits per heavy atom. The molecule has 0 spiro atoms. The van der Waals surface area contributed by atoms with E-state index in [1.165, 1.54) is 12.8 Å². The van der Waals surface area contributed by atoms with Crippen molar-refractivity contribution in [2.75, 3.05) is 45.8 Å². The smallest absolute Gasteiger partial charge is 0.387 e. The second-order valence-corrected chi connectivity index (χ2v) is 7.37. The zero-order chi connectivity index (χ0) is 19.1. The first kappa shape index (κ1) is 20.0. The minimum Gasteiger partial charge on any atom is -0.435 e. The zero-order valence-electron chi connectivity index (χ0n) is 15.8. The molecule has 0 saturated carbocycles. The van der Waals surface area contributed by atoms with Gasteiger partial charge in [-0.1, -0.05) is 25.0 Å². The molecule has 2 saturated heterocycles. The van der Waals surface area contributed by atoms with Crippen LogP contribution in [0.25, 0.3) is 0 Å². The molecule has 0 aliphatic carbocycles. The highest BCUT2D eigenvalue weighted by Crippen LogP contribution is 2.17. The number of piperazine rings is 1. The maximum atomic E-state index is 12.5. The van der Waals surface area contributed by atoms with Gasteiger partial charge in [0.25, 0.3) is 0 Å². The lowest BCUT2D eigenvalue weighted by Gasteiger charge is -2.35. The van der Waals surface area contributed by atoms with Gasteiger partial charge in [0.15, 0.2) is 0 Å². The van der Waals surface area contributed by atoms with E-state index in [2.05, 4.69) is 14.5 Å². The largest absolute Gasteiger partial charge is 0.435 e. The van der Waals surface area contributed by atoms with Crippen molar-refractivity contribution in [3.05, 3.63) is 29.8 Å². The molecule has 2 fully saturated rings. The van der Waals surface area contributed by atoms with Gasteiger partial charge in [-0.25, -0.2) is 0 Å². The minimum absolute atomic E-state index is 0.186. The molecule has 150 valence electrons. The molecule has 0 aromatic heterocycles. The highest BCUT2D eigenvalue weighted by atomic mass is 19.3. The number of benzene rings is 1. The number of carbonyl (C=O) groups excluding carboxylic acids is 1. The maximum Gasteiger partial charge on any atom is 0.387 e. The zero-order valence-corrected chi connectivity index (χ0v) is 15.8. The number of alkyl halides is 2. The lowest BCUT2D eigenvalue weighted by Crippen LogP contribution is -2.49. The summed E-state index contributed by atoms with van der Waals surface area (Å²) in [7, 11) is 0. The Kier molecular flexibility index (Phi) is 7.41. The van der Waals surface area contributed by atoms with Crippen molar-refractivity contribution in [3.8, 4) is 5.75 Å². The van der Waals surface area contributed by atoms with Gasteiger partial charge in [0.1, 0.15) is 5.75 Å². The van der Waals surface area contributed by atoms with Crippen LogP contribution in [0.5, 0.6) is 5.75 Å². The molecular formula is C20H29F2N3O2. The van der Waals surface area contributed by atoms with E-state index < -0.39 is 6.61 Å². The third kappa shape index (κ3) is 6.43. The Labute approximate surface area is 159 Å². The third-order valence-electron chi connectivity index (χ3n) is 5.34. The number of likely N-dealkylation sites (tertiary alicyclic amines) is 1. The fourth-order valence-corrected chi connectivity index (χ4v) is 3.75. The van der Waals surface area contributed by atoms with E-state index >= 15 is 0 Å². The summed E-state index contributed by atoms with van der Waals surface area (Å²) in [6, 6.07) is 6.81. The molecule has 1 aromatic rings. The Balaban J connectivity index is 1.40. The van der Waals surface area contributed by atoms with E-state index in [1.54, 1.807) is 12.1 Å². The van der Waals surface area contributed by atoms with Crippen LogP contribution in [-0.2, 0) is 11.3 Å². The number of rotatable bonds is 6. The predicted octanol–water partition coefficient (Wildman–Crippen LogP) is 2.81. The van der Waals surface area contributed by atoms with Crippen LogP contribution < -0.4 is 4.74 Å². The number of halogens is 2. The minimum atomic E-state index is -2.79. The van der Waals surface area contributed by atoms with Crippen molar-refractivity contribution in [2.24, 2.45) is 0 Å². The molecule has 1 aromatic carbocycles. The van der Waals surface area contributed by atoms with Gasteiger partial charge in [-0.3, -0.25) is 14.6 Å². The standard InChI is InChI=1S/C20H29F2N3O2/c21-20(22)27-18-7-5-17(6-8-18)15-23-11-13-24(14-12-23)16-19(26)25-9-3-1-2-4-10-25/h5-8,20H,1-4,9-16H2. The molecule has 2 aliphatic heterocycles. The Bertz CT molecular complexity index is 581. The van der Waals surface area contributed by atoms with Crippen molar-refractivity contribution in [1.82, 2.24) is 14.7 Å². The van der Waals surface area contributed by atoms with Gasteiger partial charge < -0.3 is 9.64 Å². The van der Waals surface area contributed by atoms with Gasteiger partial charge in [0.05, 0.1) is 6.54 Å². The van der Waals surface area contributed by atoms with Gasteiger partial charge in [0, 0.05) is 45.8 Å².